The van der Waals surface area contributed by atoms with Crippen molar-refractivity contribution in [1.82, 2.24) is 10.6 Å². The number of aryl methyl sites for hydroxylation is 1. The number of benzene rings is 2. The van der Waals surface area contributed by atoms with E-state index >= 15 is 0 Å². The molecule has 148 valence electrons. The van der Waals surface area contributed by atoms with Crippen LogP contribution in [0.5, 0.6) is 0 Å². The zero-order chi connectivity index (χ0) is 19.9. The summed E-state index contributed by atoms with van der Waals surface area (Å²) in [6.07, 6.45) is 3.10. The van der Waals surface area contributed by atoms with Gasteiger partial charge in [-0.1, -0.05) is 54.6 Å². The molecule has 2 N–H and O–H groups in total. The Hall–Kier alpha value is -2.62. The van der Waals surface area contributed by atoms with E-state index in [1.807, 2.05) is 55.5 Å². The number of hydrogen-bond acceptors (Lipinski definition) is 2. The van der Waals surface area contributed by atoms with Crippen LogP contribution >= 0.6 is 0 Å². The van der Waals surface area contributed by atoms with Gasteiger partial charge in [0.1, 0.15) is 0 Å². The average Bonchev–Trinajstić information content (AvgIpc) is 2.73. The SMILES string of the molecule is Cc1ccccc1CNC(=O)C1CCC(C(=O)NC(C)c2ccccc2)CC1. The second kappa shape index (κ2) is 9.54. The van der Waals surface area contributed by atoms with Crippen LogP contribution in [0.25, 0.3) is 0 Å². The highest BCUT2D eigenvalue weighted by atomic mass is 16.2. The summed E-state index contributed by atoms with van der Waals surface area (Å²) in [5.74, 6) is 0.237. The topological polar surface area (TPSA) is 58.2 Å². The molecule has 28 heavy (non-hydrogen) atoms. The lowest BCUT2D eigenvalue weighted by atomic mass is 9.81. The minimum Gasteiger partial charge on any atom is -0.352 e. The highest BCUT2D eigenvalue weighted by Gasteiger charge is 2.30. The molecule has 2 aromatic carbocycles. The third-order valence-corrected chi connectivity index (χ3v) is 5.84. The molecule has 0 aliphatic heterocycles. The van der Waals surface area contributed by atoms with E-state index in [9.17, 15) is 9.59 Å². The van der Waals surface area contributed by atoms with E-state index in [1.54, 1.807) is 0 Å². The molecule has 1 aliphatic carbocycles. The minimum absolute atomic E-state index is 0.00355. The van der Waals surface area contributed by atoms with Crippen molar-refractivity contribution < 1.29 is 9.59 Å². The predicted octanol–water partition coefficient (Wildman–Crippen LogP) is 4.30. The molecule has 1 saturated carbocycles. The van der Waals surface area contributed by atoms with Gasteiger partial charge >= 0.3 is 0 Å². The summed E-state index contributed by atoms with van der Waals surface area (Å²) < 4.78 is 0. The van der Waals surface area contributed by atoms with Crippen LogP contribution < -0.4 is 10.6 Å². The quantitative estimate of drug-likeness (QED) is 0.788. The van der Waals surface area contributed by atoms with Crippen molar-refractivity contribution in [3.63, 3.8) is 0 Å². The second-order valence-electron chi connectivity index (χ2n) is 7.83. The van der Waals surface area contributed by atoms with Crippen LogP contribution in [-0.2, 0) is 16.1 Å². The third kappa shape index (κ3) is 5.22. The molecule has 1 unspecified atom stereocenters. The molecule has 0 radical (unpaired) electrons. The lowest BCUT2D eigenvalue weighted by molar-refractivity contribution is -0.131. The standard InChI is InChI=1S/C24H30N2O2/c1-17-8-6-7-11-22(17)16-25-23(27)20-12-14-21(15-13-20)24(28)26-18(2)19-9-4-3-5-10-19/h3-11,18,20-21H,12-16H2,1-2H3,(H,25,27)(H,26,28). The molecule has 0 spiro atoms. The van der Waals surface area contributed by atoms with Gasteiger partial charge in [0.15, 0.2) is 0 Å². The summed E-state index contributed by atoms with van der Waals surface area (Å²) in [6.45, 7) is 4.64. The molecule has 3 rings (SSSR count). The van der Waals surface area contributed by atoms with Gasteiger partial charge < -0.3 is 10.6 Å². The maximum absolute atomic E-state index is 12.6. The Morgan fingerprint density at radius 2 is 1.46 bits per heavy atom. The van der Waals surface area contributed by atoms with Gasteiger partial charge in [-0.15, -0.1) is 0 Å². The number of carbonyl (C=O) groups excluding carboxylic acids is 2. The molecular weight excluding hydrogens is 348 g/mol. The molecule has 0 saturated heterocycles. The maximum Gasteiger partial charge on any atom is 0.223 e. The van der Waals surface area contributed by atoms with Gasteiger partial charge in [-0.3, -0.25) is 9.59 Å². The molecule has 0 bridgehead atoms. The van der Waals surface area contributed by atoms with Crippen LogP contribution in [0.15, 0.2) is 54.6 Å². The Kier molecular flexibility index (Phi) is 6.85. The fraction of sp³-hybridized carbons (Fsp3) is 0.417. The monoisotopic (exact) mass is 378 g/mol. The number of carbonyl (C=O) groups is 2. The first-order valence-electron chi connectivity index (χ1n) is 10.2. The van der Waals surface area contributed by atoms with Gasteiger partial charge in [0.25, 0.3) is 0 Å². The van der Waals surface area contributed by atoms with Gasteiger partial charge in [0.05, 0.1) is 6.04 Å². The Labute approximate surface area is 167 Å². The van der Waals surface area contributed by atoms with E-state index in [4.69, 9.17) is 0 Å². The molecule has 2 aromatic rings. The van der Waals surface area contributed by atoms with E-state index in [1.165, 1.54) is 5.56 Å². The van der Waals surface area contributed by atoms with Gasteiger partial charge in [0.2, 0.25) is 11.8 Å². The maximum atomic E-state index is 12.6. The van der Waals surface area contributed by atoms with Crippen molar-refractivity contribution in [2.45, 2.75) is 52.1 Å². The van der Waals surface area contributed by atoms with Crippen LogP contribution in [0, 0.1) is 18.8 Å². The Balaban J connectivity index is 1.44. The summed E-state index contributed by atoms with van der Waals surface area (Å²) >= 11 is 0. The Morgan fingerprint density at radius 3 is 2.11 bits per heavy atom. The number of amides is 2. The van der Waals surface area contributed by atoms with E-state index in [-0.39, 0.29) is 29.7 Å². The van der Waals surface area contributed by atoms with E-state index in [0.29, 0.717) is 6.54 Å². The van der Waals surface area contributed by atoms with Crippen LogP contribution in [0.3, 0.4) is 0 Å². The molecule has 1 fully saturated rings. The lowest BCUT2D eigenvalue weighted by Gasteiger charge is -2.28. The predicted molar refractivity (Wildman–Crippen MR) is 111 cm³/mol. The average molecular weight is 379 g/mol. The Morgan fingerprint density at radius 1 is 0.893 bits per heavy atom. The number of rotatable bonds is 6. The first-order valence-corrected chi connectivity index (χ1v) is 10.2. The molecule has 1 atom stereocenters. The van der Waals surface area contributed by atoms with Crippen molar-refractivity contribution in [3.8, 4) is 0 Å². The zero-order valence-electron chi connectivity index (χ0n) is 16.8. The van der Waals surface area contributed by atoms with Gasteiger partial charge in [-0.25, -0.2) is 0 Å². The first kappa shape index (κ1) is 20.1. The summed E-state index contributed by atoms with van der Waals surface area (Å²) in [5, 5.41) is 6.19. The normalized spacial score (nSPS) is 20.2. The summed E-state index contributed by atoms with van der Waals surface area (Å²) in [7, 11) is 0. The Bertz CT molecular complexity index is 795. The molecule has 0 heterocycles. The van der Waals surface area contributed by atoms with Crippen molar-refractivity contribution >= 4 is 11.8 Å². The second-order valence-corrected chi connectivity index (χ2v) is 7.83. The van der Waals surface area contributed by atoms with Crippen LogP contribution in [0.2, 0.25) is 0 Å². The zero-order valence-corrected chi connectivity index (χ0v) is 16.8. The van der Waals surface area contributed by atoms with Crippen molar-refractivity contribution in [1.29, 1.82) is 0 Å². The minimum atomic E-state index is 0.00355. The highest BCUT2D eigenvalue weighted by Crippen LogP contribution is 2.29. The molecule has 1 aliphatic rings. The smallest absolute Gasteiger partial charge is 0.223 e. The van der Waals surface area contributed by atoms with E-state index in [0.717, 1.165) is 36.8 Å². The van der Waals surface area contributed by atoms with Crippen molar-refractivity contribution in [2.75, 3.05) is 0 Å². The van der Waals surface area contributed by atoms with Gasteiger partial charge in [-0.2, -0.15) is 0 Å². The van der Waals surface area contributed by atoms with Gasteiger partial charge in [0, 0.05) is 18.4 Å². The molecule has 4 heteroatoms. The largest absolute Gasteiger partial charge is 0.352 e. The summed E-state index contributed by atoms with van der Waals surface area (Å²) in [5.41, 5.74) is 3.45. The highest BCUT2D eigenvalue weighted by molar-refractivity contribution is 5.81. The first-order chi connectivity index (χ1) is 13.5. The lowest BCUT2D eigenvalue weighted by Crippen LogP contribution is -2.38. The molecule has 2 amide bonds. The fourth-order valence-electron chi connectivity index (χ4n) is 3.91. The number of nitrogens with one attached hydrogen (secondary N) is 2. The number of hydrogen-bond donors (Lipinski definition) is 2. The molecular formula is C24H30N2O2. The van der Waals surface area contributed by atoms with Crippen LogP contribution in [0.1, 0.15) is 55.3 Å². The molecule has 0 aromatic heterocycles. The van der Waals surface area contributed by atoms with Crippen molar-refractivity contribution in [2.24, 2.45) is 11.8 Å². The third-order valence-electron chi connectivity index (χ3n) is 5.84. The van der Waals surface area contributed by atoms with E-state index < -0.39 is 0 Å². The fourth-order valence-corrected chi connectivity index (χ4v) is 3.91. The molecule has 4 nitrogen and oxygen atoms in total. The van der Waals surface area contributed by atoms with Gasteiger partial charge in [-0.05, 0) is 56.2 Å². The van der Waals surface area contributed by atoms with Crippen LogP contribution in [-0.4, -0.2) is 11.8 Å². The summed E-state index contributed by atoms with van der Waals surface area (Å²) in [4.78, 5) is 25.1. The summed E-state index contributed by atoms with van der Waals surface area (Å²) in [6, 6.07) is 18.1. The van der Waals surface area contributed by atoms with E-state index in [2.05, 4.69) is 23.6 Å². The van der Waals surface area contributed by atoms with Crippen molar-refractivity contribution in [3.05, 3.63) is 71.3 Å². The van der Waals surface area contributed by atoms with Crippen LogP contribution in [0.4, 0.5) is 0 Å².